The number of carboxylic acid groups (broad SMARTS) is 1. The molecule has 1 N–H and O–H groups in total. The predicted octanol–water partition coefficient (Wildman–Crippen LogP) is 1.18. The van der Waals surface area contributed by atoms with Gasteiger partial charge in [-0.2, -0.15) is 0 Å². The van der Waals surface area contributed by atoms with Crippen molar-refractivity contribution in [1.82, 2.24) is 14.5 Å². The summed E-state index contributed by atoms with van der Waals surface area (Å²) in [5.74, 6) is -0.263. The van der Waals surface area contributed by atoms with E-state index in [4.69, 9.17) is 5.11 Å². The van der Waals surface area contributed by atoms with Crippen LogP contribution in [0.25, 0.3) is 11.5 Å². The lowest BCUT2D eigenvalue weighted by Crippen LogP contribution is -1.99. The number of pyridine rings is 1. The Kier molecular flexibility index (Phi) is 2.21. The van der Waals surface area contributed by atoms with E-state index in [-0.39, 0.29) is 5.56 Å². The average Bonchev–Trinajstić information content (AvgIpc) is 2.65. The Morgan fingerprint density at radius 1 is 1.40 bits per heavy atom. The van der Waals surface area contributed by atoms with Gasteiger partial charge >= 0.3 is 5.97 Å². The topological polar surface area (TPSA) is 68.0 Å². The van der Waals surface area contributed by atoms with Gasteiger partial charge in [0.2, 0.25) is 0 Å². The lowest BCUT2D eigenvalue weighted by molar-refractivity contribution is 0.0696. The fourth-order valence-corrected chi connectivity index (χ4v) is 1.27. The molecule has 0 unspecified atom stereocenters. The van der Waals surface area contributed by atoms with Crippen LogP contribution in [0.3, 0.4) is 0 Å². The molecule has 5 heteroatoms. The molecule has 2 aromatic heterocycles. The van der Waals surface area contributed by atoms with E-state index < -0.39 is 5.97 Å². The van der Waals surface area contributed by atoms with Gasteiger partial charge in [0.05, 0.1) is 5.56 Å². The monoisotopic (exact) mass is 203 g/mol. The van der Waals surface area contributed by atoms with Crippen LogP contribution in [0.2, 0.25) is 0 Å². The number of hydrogen-bond acceptors (Lipinski definition) is 3. The van der Waals surface area contributed by atoms with E-state index in [9.17, 15) is 4.79 Å². The van der Waals surface area contributed by atoms with Crippen LogP contribution in [-0.4, -0.2) is 25.6 Å². The first-order valence-corrected chi connectivity index (χ1v) is 4.35. The van der Waals surface area contributed by atoms with E-state index in [0.717, 1.165) is 0 Å². The fourth-order valence-electron chi connectivity index (χ4n) is 1.27. The number of imidazole rings is 1. The minimum absolute atomic E-state index is 0.174. The highest BCUT2D eigenvalue weighted by atomic mass is 16.4. The van der Waals surface area contributed by atoms with E-state index in [2.05, 4.69) is 9.97 Å². The van der Waals surface area contributed by atoms with Crippen LogP contribution in [0.1, 0.15) is 10.4 Å². The molecule has 0 aliphatic carbocycles. The third-order valence-corrected chi connectivity index (χ3v) is 2.06. The number of hydrogen-bond donors (Lipinski definition) is 1. The van der Waals surface area contributed by atoms with E-state index in [1.807, 2.05) is 17.8 Å². The Bertz CT molecular complexity index is 488. The minimum atomic E-state index is -0.978. The second-order valence-corrected chi connectivity index (χ2v) is 3.10. The molecule has 5 nitrogen and oxygen atoms in total. The van der Waals surface area contributed by atoms with Gasteiger partial charge in [0.25, 0.3) is 0 Å². The Morgan fingerprint density at radius 2 is 2.20 bits per heavy atom. The number of aryl methyl sites for hydroxylation is 1. The largest absolute Gasteiger partial charge is 0.478 e. The SMILES string of the molecule is Cn1ccnc1-c1ccc(C(=O)O)cn1. The quantitative estimate of drug-likeness (QED) is 0.795. The van der Waals surface area contributed by atoms with Crippen molar-refractivity contribution in [3.63, 3.8) is 0 Å². The second-order valence-electron chi connectivity index (χ2n) is 3.10. The van der Waals surface area contributed by atoms with E-state index >= 15 is 0 Å². The molecule has 15 heavy (non-hydrogen) atoms. The van der Waals surface area contributed by atoms with Gasteiger partial charge < -0.3 is 9.67 Å². The highest BCUT2D eigenvalue weighted by Gasteiger charge is 2.07. The van der Waals surface area contributed by atoms with E-state index in [1.165, 1.54) is 12.3 Å². The number of rotatable bonds is 2. The van der Waals surface area contributed by atoms with Crippen LogP contribution in [0.15, 0.2) is 30.7 Å². The molecular weight excluding hydrogens is 194 g/mol. The summed E-state index contributed by atoms with van der Waals surface area (Å²) in [5, 5.41) is 8.70. The highest BCUT2D eigenvalue weighted by molar-refractivity contribution is 5.87. The van der Waals surface area contributed by atoms with E-state index in [0.29, 0.717) is 11.5 Å². The average molecular weight is 203 g/mol. The molecule has 2 heterocycles. The Labute approximate surface area is 86.0 Å². The zero-order valence-corrected chi connectivity index (χ0v) is 8.08. The third kappa shape index (κ3) is 1.71. The molecule has 0 spiro atoms. The third-order valence-electron chi connectivity index (χ3n) is 2.06. The predicted molar refractivity (Wildman–Crippen MR) is 53.4 cm³/mol. The molecule has 0 saturated heterocycles. The van der Waals surface area contributed by atoms with Crippen LogP contribution in [0, 0.1) is 0 Å². The first-order chi connectivity index (χ1) is 7.18. The summed E-state index contributed by atoms with van der Waals surface area (Å²) < 4.78 is 1.82. The van der Waals surface area contributed by atoms with Crippen LogP contribution < -0.4 is 0 Å². The van der Waals surface area contributed by atoms with Crippen molar-refractivity contribution in [1.29, 1.82) is 0 Å². The number of nitrogens with zero attached hydrogens (tertiary/aromatic N) is 3. The maximum absolute atomic E-state index is 10.6. The van der Waals surface area contributed by atoms with Gasteiger partial charge in [-0.15, -0.1) is 0 Å². The van der Waals surface area contributed by atoms with Gasteiger partial charge in [-0.25, -0.2) is 9.78 Å². The molecule has 0 fully saturated rings. The van der Waals surface area contributed by atoms with Crippen LogP contribution in [0.4, 0.5) is 0 Å². The summed E-state index contributed by atoms with van der Waals surface area (Å²) in [7, 11) is 1.86. The summed E-state index contributed by atoms with van der Waals surface area (Å²) in [4.78, 5) is 18.8. The summed E-state index contributed by atoms with van der Waals surface area (Å²) >= 11 is 0. The van der Waals surface area contributed by atoms with Crippen molar-refractivity contribution in [3.05, 3.63) is 36.3 Å². The maximum Gasteiger partial charge on any atom is 0.337 e. The number of aromatic nitrogens is 3. The zero-order valence-electron chi connectivity index (χ0n) is 8.08. The molecule has 0 aliphatic heterocycles. The summed E-state index contributed by atoms with van der Waals surface area (Å²) in [6.45, 7) is 0. The molecule has 0 radical (unpaired) electrons. The molecule has 0 bridgehead atoms. The zero-order chi connectivity index (χ0) is 10.8. The standard InChI is InChI=1S/C10H9N3O2/c1-13-5-4-11-9(13)8-3-2-7(6-12-8)10(14)15/h2-6H,1H3,(H,14,15). The fraction of sp³-hybridized carbons (Fsp3) is 0.100. The van der Waals surface area contributed by atoms with Crippen LogP contribution >= 0.6 is 0 Å². The van der Waals surface area contributed by atoms with Gasteiger partial charge in [-0.1, -0.05) is 0 Å². The van der Waals surface area contributed by atoms with Crippen molar-refractivity contribution in [2.75, 3.05) is 0 Å². The van der Waals surface area contributed by atoms with Crippen molar-refractivity contribution in [3.8, 4) is 11.5 Å². The molecule has 0 atom stereocenters. The summed E-state index contributed by atoms with van der Waals surface area (Å²) in [6.07, 6.45) is 4.80. The maximum atomic E-state index is 10.6. The van der Waals surface area contributed by atoms with Gasteiger partial charge in [-0.3, -0.25) is 4.98 Å². The molecule has 0 aromatic carbocycles. The molecular formula is C10H9N3O2. The normalized spacial score (nSPS) is 10.2. The molecule has 2 rings (SSSR count). The Hall–Kier alpha value is -2.17. The smallest absolute Gasteiger partial charge is 0.337 e. The van der Waals surface area contributed by atoms with Crippen molar-refractivity contribution in [2.45, 2.75) is 0 Å². The molecule has 2 aromatic rings. The van der Waals surface area contributed by atoms with Crippen molar-refractivity contribution >= 4 is 5.97 Å². The van der Waals surface area contributed by atoms with Crippen LogP contribution in [-0.2, 0) is 7.05 Å². The van der Waals surface area contributed by atoms with Gasteiger partial charge in [0.15, 0.2) is 5.82 Å². The minimum Gasteiger partial charge on any atom is -0.478 e. The van der Waals surface area contributed by atoms with Gasteiger partial charge in [-0.05, 0) is 12.1 Å². The molecule has 0 saturated carbocycles. The number of aromatic carboxylic acids is 1. The van der Waals surface area contributed by atoms with Gasteiger partial charge in [0, 0.05) is 25.6 Å². The van der Waals surface area contributed by atoms with Gasteiger partial charge in [0.1, 0.15) is 5.69 Å². The Morgan fingerprint density at radius 3 is 2.67 bits per heavy atom. The summed E-state index contributed by atoms with van der Waals surface area (Å²) in [5.41, 5.74) is 0.834. The first-order valence-electron chi connectivity index (χ1n) is 4.35. The molecule has 0 aliphatic rings. The lowest BCUT2D eigenvalue weighted by atomic mass is 10.2. The summed E-state index contributed by atoms with van der Waals surface area (Å²) in [6, 6.07) is 3.16. The lowest BCUT2D eigenvalue weighted by Gasteiger charge is -2.00. The first kappa shape index (κ1) is 9.39. The highest BCUT2D eigenvalue weighted by Crippen LogP contribution is 2.13. The van der Waals surface area contributed by atoms with Crippen LogP contribution in [0.5, 0.6) is 0 Å². The number of carbonyl (C=O) groups is 1. The second kappa shape index (κ2) is 3.53. The molecule has 76 valence electrons. The van der Waals surface area contributed by atoms with E-state index in [1.54, 1.807) is 12.3 Å². The Balaban J connectivity index is 2.40. The molecule has 0 amide bonds. The number of carboxylic acids is 1. The van der Waals surface area contributed by atoms with Crippen molar-refractivity contribution in [2.24, 2.45) is 7.05 Å². The van der Waals surface area contributed by atoms with Crippen molar-refractivity contribution < 1.29 is 9.90 Å².